The van der Waals surface area contributed by atoms with Gasteiger partial charge in [0.2, 0.25) is 0 Å². The number of phenols is 1. The van der Waals surface area contributed by atoms with Gasteiger partial charge in [-0.15, -0.1) is 0 Å². The molecule has 0 atom stereocenters. The van der Waals surface area contributed by atoms with Gasteiger partial charge < -0.3 is 10.2 Å². The van der Waals surface area contributed by atoms with E-state index < -0.39 is 5.97 Å². The zero-order valence-electron chi connectivity index (χ0n) is 9.29. The number of carbonyl (C=O) groups is 1. The molecule has 4 nitrogen and oxygen atoms in total. The van der Waals surface area contributed by atoms with Gasteiger partial charge in [0.05, 0.1) is 11.6 Å². The van der Waals surface area contributed by atoms with Crippen LogP contribution < -0.4 is 0 Å². The van der Waals surface area contributed by atoms with Crippen LogP contribution in [0, 0.1) is 11.3 Å². The standard InChI is InChI=1S/C14H9NO3/c15-8-9-4-6-10(7-5-9)11-2-1-3-12(16)13(11)14(17)18/h1-7,16H,(H,17,18). The molecule has 0 heterocycles. The minimum Gasteiger partial charge on any atom is -0.507 e. The van der Waals surface area contributed by atoms with Gasteiger partial charge in [0.1, 0.15) is 11.3 Å². The molecule has 0 fully saturated rings. The number of hydrogen-bond acceptors (Lipinski definition) is 3. The highest BCUT2D eigenvalue weighted by atomic mass is 16.4. The van der Waals surface area contributed by atoms with Crippen molar-refractivity contribution in [3.63, 3.8) is 0 Å². The minimum absolute atomic E-state index is 0.137. The molecule has 0 saturated heterocycles. The molecule has 0 bridgehead atoms. The summed E-state index contributed by atoms with van der Waals surface area (Å²) < 4.78 is 0. The molecule has 2 aromatic carbocycles. The molecule has 88 valence electrons. The van der Waals surface area contributed by atoms with Crippen LogP contribution in [-0.2, 0) is 0 Å². The molecule has 4 heteroatoms. The Balaban J connectivity index is 2.60. The highest BCUT2D eigenvalue weighted by Crippen LogP contribution is 2.30. The molecule has 0 aliphatic rings. The average molecular weight is 239 g/mol. The molecule has 0 unspecified atom stereocenters. The van der Waals surface area contributed by atoms with Gasteiger partial charge in [0, 0.05) is 0 Å². The van der Waals surface area contributed by atoms with Crippen molar-refractivity contribution in [3.8, 4) is 22.9 Å². The molecule has 0 spiro atoms. The Morgan fingerprint density at radius 1 is 1.11 bits per heavy atom. The molecule has 0 aromatic heterocycles. The van der Waals surface area contributed by atoms with Gasteiger partial charge in [-0.1, -0.05) is 24.3 Å². The number of nitrogens with zero attached hydrogens (tertiary/aromatic N) is 1. The van der Waals surface area contributed by atoms with Gasteiger partial charge in [-0.2, -0.15) is 5.26 Å². The first-order valence-electron chi connectivity index (χ1n) is 5.19. The highest BCUT2D eigenvalue weighted by Gasteiger charge is 2.15. The lowest BCUT2D eigenvalue weighted by Gasteiger charge is -2.07. The summed E-state index contributed by atoms with van der Waals surface area (Å²) in [4.78, 5) is 11.1. The van der Waals surface area contributed by atoms with Crippen molar-refractivity contribution < 1.29 is 15.0 Å². The zero-order chi connectivity index (χ0) is 13.1. The van der Waals surface area contributed by atoms with Crippen LogP contribution in [0.5, 0.6) is 5.75 Å². The summed E-state index contributed by atoms with van der Waals surface area (Å²) in [6.07, 6.45) is 0. The normalized spacial score (nSPS) is 9.72. The van der Waals surface area contributed by atoms with Gasteiger partial charge in [0.25, 0.3) is 0 Å². The number of aromatic hydroxyl groups is 1. The number of carboxylic acid groups (broad SMARTS) is 1. The van der Waals surface area contributed by atoms with Crippen LogP contribution in [0.4, 0.5) is 0 Å². The van der Waals surface area contributed by atoms with Gasteiger partial charge in [-0.05, 0) is 29.3 Å². The molecule has 2 aromatic rings. The van der Waals surface area contributed by atoms with E-state index in [4.69, 9.17) is 10.4 Å². The quantitative estimate of drug-likeness (QED) is 0.844. The van der Waals surface area contributed by atoms with E-state index in [1.165, 1.54) is 6.07 Å². The second-order valence-corrected chi connectivity index (χ2v) is 3.69. The number of rotatable bonds is 2. The monoisotopic (exact) mass is 239 g/mol. The summed E-state index contributed by atoms with van der Waals surface area (Å²) >= 11 is 0. The highest BCUT2D eigenvalue weighted by molar-refractivity contribution is 5.98. The van der Waals surface area contributed by atoms with Crippen molar-refractivity contribution >= 4 is 5.97 Å². The maximum Gasteiger partial charge on any atom is 0.340 e. The molecular weight excluding hydrogens is 230 g/mol. The van der Waals surface area contributed by atoms with Gasteiger partial charge in [-0.3, -0.25) is 0 Å². The van der Waals surface area contributed by atoms with Crippen molar-refractivity contribution in [2.24, 2.45) is 0 Å². The second kappa shape index (κ2) is 4.60. The minimum atomic E-state index is -1.19. The van der Waals surface area contributed by atoms with Crippen molar-refractivity contribution in [1.82, 2.24) is 0 Å². The summed E-state index contributed by atoms with van der Waals surface area (Å²) in [6.45, 7) is 0. The Labute approximate surface area is 103 Å². The summed E-state index contributed by atoms with van der Waals surface area (Å²) in [7, 11) is 0. The Bertz CT molecular complexity index is 639. The number of benzene rings is 2. The maximum absolute atomic E-state index is 11.1. The lowest BCUT2D eigenvalue weighted by atomic mass is 9.98. The number of carboxylic acids is 1. The van der Waals surface area contributed by atoms with E-state index in [2.05, 4.69) is 0 Å². The van der Waals surface area contributed by atoms with E-state index in [1.54, 1.807) is 36.4 Å². The summed E-state index contributed by atoms with van der Waals surface area (Å²) in [5.74, 6) is -1.46. The molecule has 2 rings (SSSR count). The lowest BCUT2D eigenvalue weighted by Crippen LogP contribution is -2.00. The van der Waals surface area contributed by atoms with Crippen LogP contribution in [-0.4, -0.2) is 16.2 Å². The molecule has 0 amide bonds. The third kappa shape index (κ3) is 2.02. The average Bonchev–Trinajstić information content (AvgIpc) is 2.38. The van der Waals surface area contributed by atoms with Crippen molar-refractivity contribution in [2.45, 2.75) is 0 Å². The Morgan fingerprint density at radius 3 is 2.33 bits per heavy atom. The van der Waals surface area contributed by atoms with Gasteiger partial charge in [0.15, 0.2) is 0 Å². The molecule has 2 N–H and O–H groups in total. The summed E-state index contributed by atoms with van der Waals surface area (Å²) in [5.41, 5.74) is 1.42. The van der Waals surface area contributed by atoms with Crippen molar-refractivity contribution in [1.29, 1.82) is 5.26 Å². The first-order valence-corrected chi connectivity index (χ1v) is 5.19. The Kier molecular flexibility index (Phi) is 2.98. The molecule has 0 aliphatic carbocycles. The van der Waals surface area contributed by atoms with Crippen LogP contribution in [0.25, 0.3) is 11.1 Å². The Hall–Kier alpha value is -2.80. The molecule has 0 saturated carbocycles. The van der Waals surface area contributed by atoms with Crippen LogP contribution in [0.2, 0.25) is 0 Å². The first kappa shape index (κ1) is 11.7. The number of aromatic carboxylic acids is 1. The fraction of sp³-hybridized carbons (Fsp3) is 0. The molecule has 0 aliphatic heterocycles. The fourth-order valence-electron chi connectivity index (χ4n) is 1.73. The maximum atomic E-state index is 11.1. The molecule has 18 heavy (non-hydrogen) atoms. The van der Waals surface area contributed by atoms with Crippen molar-refractivity contribution in [2.75, 3.05) is 0 Å². The number of nitriles is 1. The van der Waals surface area contributed by atoms with Gasteiger partial charge in [-0.25, -0.2) is 4.79 Å². The van der Waals surface area contributed by atoms with E-state index in [-0.39, 0.29) is 11.3 Å². The van der Waals surface area contributed by atoms with Crippen LogP contribution in [0.15, 0.2) is 42.5 Å². The van der Waals surface area contributed by atoms with E-state index >= 15 is 0 Å². The predicted molar refractivity (Wildman–Crippen MR) is 65.2 cm³/mol. The van der Waals surface area contributed by atoms with Crippen molar-refractivity contribution in [3.05, 3.63) is 53.6 Å². The second-order valence-electron chi connectivity index (χ2n) is 3.69. The lowest BCUT2D eigenvalue weighted by molar-refractivity contribution is 0.0694. The van der Waals surface area contributed by atoms with Crippen LogP contribution in [0.3, 0.4) is 0 Å². The van der Waals surface area contributed by atoms with E-state index in [9.17, 15) is 9.90 Å². The molecule has 0 radical (unpaired) electrons. The smallest absolute Gasteiger partial charge is 0.340 e. The SMILES string of the molecule is N#Cc1ccc(-c2cccc(O)c2C(=O)O)cc1. The van der Waals surface area contributed by atoms with Gasteiger partial charge >= 0.3 is 5.97 Å². The first-order chi connectivity index (χ1) is 8.63. The number of hydrogen-bond donors (Lipinski definition) is 2. The van der Waals surface area contributed by atoms with Crippen LogP contribution >= 0.6 is 0 Å². The fourth-order valence-corrected chi connectivity index (χ4v) is 1.73. The third-order valence-electron chi connectivity index (χ3n) is 2.58. The largest absolute Gasteiger partial charge is 0.507 e. The zero-order valence-corrected chi connectivity index (χ0v) is 9.29. The topological polar surface area (TPSA) is 81.3 Å². The summed E-state index contributed by atoms with van der Waals surface area (Å²) in [5, 5.41) is 27.4. The molecular formula is C14H9NO3. The van der Waals surface area contributed by atoms with E-state index in [0.29, 0.717) is 16.7 Å². The van der Waals surface area contributed by atoms with Crippen LogP contribution in [0.1, 0.15) is 15.9 Å². The summed E-state index contributed by atoms with van der Waals surface area (Å²) in [6, 6.07) is 13.0. The van der Waals surface area contributed by atoms with E-state index in [0.717, 1.165) is 0 Å². The van der Waals surface area contributed by atoms with E-state index in [1.807, 2.05) is 6.07 Å². The Morgan fingerprint density at radius 2 is 1.78 bits per heavy atom. The predicted octanol–water partition coefficient (Wildman–Crippen LogP) is 2.63. The third-order valence-corrected chi connectivity index (χ3v) is 2.58.